The summed E-state index contributed by atoms with van der Waals surface area (Å²) in [6.07, 6.45) is 1.66. The molecule has 0 atom stereocenters. The van der Waals surface area contributed by atoms with Gasteiger partial charge in [-0.2, -0.15) is 0 Å². The minimum atomic E-state index is -0.229. The monoisotopic (exact) mass is 339 g/mol. The number of hydrogen-bond donors (Lipinski definition) is 3. The van der Waals surface area contributed by atoms with Gasteiger partial charge in [0.1, 0.15) is 12.4 Å². The van der Waals surface area contributed by atoms with Gasteiger partial charge >= 0.3 is 0 Å². The molecule has 0 aliphatic carbocycles. The minimum Gasteiger partial charge on any atom is -0.487 e. The Labute approximate surface area is 146 Å². The summed E-state index contributed by atoms with van der Waals surface area (Å²) in [5.74, 6) is 0.215. The van der Waals surface area contributed by atoms with E-state index >= 15 is 0 Å². The number of rotatable bonds is 8. The molecule has 0 spiro atoms. The largest absolute Gasteiger partial charge is 0.487 e. The van der Waals surface area contributed by atoms with Crippen molar-refractivity contribution in [2.24, 2.45) is 0 Å². The van der Waals surface area contributed by atoms with E-state index < -0.39 is 0 Å². The third-order valence-corrected chi connectivity index (χ3v) is 3.32. The molecule has 0 aliphatic rings. The van der Waals surface area contributed by atoms with Crippen LogP contribution in [-0.2, 0) is 4.79 Å². The number of benzene rings is 2. The predicted molar refractivity (Wildman–Crippen MR) is 99.1 cm³/mol. The molecule has 0 radical (unpaired) electrons. The molecule has 130 valence electrons. The first-order chi connectivity index (χ1) is 12.1. The molecule has 2 amide bonds. The van der Waals surface area contributed by atoms with Crippen molar-refractivity contribution in [2.75, 3.05) is 30.8 Å². The average Bonchev–Trinajstić information content (AvgIpc) is 2.64. The van der Waals surface area contributed by atoms with E-state index in [0.29, 0.717) is 23.6 Å². The molecule has 0 aromatic heterocycles. The van der Waals surface area contributed by atoms with E-state index in [0.717, 1.165) is 5.69 Å². The van der Waals surface area contributed by atoms with Crippen molar-refractivity contribution in [3.63, 3.8) is 0 Å². The summed E-state index contributed by atoms with van der Waals surface area (Å²) >= 11 is 0. The molecule has 0 saturated heterocycles. The van der Waals surface area contributed by atoms with Crippen LogP contribution in [0.3, 0.4) is 0 Å². The summed E-state index contributed by atoms with van der Waals surface area (Å²) in [6, 6.07) is 14.1. The number of carbonyl (C=O) groups is 2. The molecule has 3 N–H and O–H groups in total. The maximum Gasteiger partial charge on any atom is 0.251 e. The van der Waals surface area contributed by atoms with Crippen LogP contribution in [0.5, 0.6) is 5.75 Å². The number of carbonyl (C=O) groups excluding carboxylic acids is 2. The van der Waals surface area contributed by atoms with Gasteiger partial charge in [-0.3, -0.25) is 9.59 Å². The molecule has 2 aromatic rings. The Morgan fingerprint density at radius 3 is 2.72 bits per heavy atom. The first kappa shape index (κ1) is 18.1. The summed E-state index contributed by atoms with van der Waals surface area (Å²) in [5, 5.41) is 8.34. The lowest BCUT2D eigenvalue weighted by Crippen LogP contribution is -2.22. The van der Waals surface area contributed by atoms with Crippen LogP contribution >= 0.6 is 0 Å². The van der Waals surface area contributed by atoms with Crippen molar-refractivity contribution >= 4 is 23.2 Å². The number of anilines is 2. The molecule has 0 heterocycles. The van der Waals surface area contributed by atoms with E-state index in [4.69, 9.17) is 4.74 Å². The van der Waals surface area contributed by atoms with Gasteiger partial charge in [0, 0.05) is 18.3 Å². The van der Waals surface area contributed by atoms with Gasteiger partial charge in [0.2, 0.25) is 5.91 Å². The standard InChI is InChI=1S/C19H21N3O3/c1-3-11-25-17-10-5-4-9-16(17)21-13-18(23)22-15-8-6-7-14(12-15)19(24)20-2/h3-10,12,21H,1,11,13H2,2H3,(H,20,24)(H,22,23). The lowest BCUT2D eigenvalue weighted by molar-refractivity contribution is -0.114. The zero-order chi connectivity index (χ0) is 18.1. The van der Waals surface area contributed by atoms with Crippen LogP contribution in [0.4, 0.5) is 11.4 Å². The van der Waals surface area contributed by atoms with Gasteiger partial charge in [-0.15, -0.1) is 0 Å². The maximum absolute atomic E-state index is 12.1. The van der Waals surface area contributed by atoms with Crippen molar-refractivity contribution < 1.29 is 14.3 Å². The van der Waals surface area contributed by atoms with Gasteiger partial charge in [-0.25, -0.2) is 0 Å². The Kier molecular flexibility index (Phi) is 6.59. The summed E-state index contributed by atoms with van der Waals surface area (Å²) < 4.78 is 5.53. The van der Waals surface area contributed by atoms with E-state index in [2.05, 4.69) is 22.5 Å². The molecule has 25 heavy (non-hydrogen) atoms. The summed E-state index contributed by atoms with van der Waals surface area (Å²) in [7, 11) is 1.56. The van der Waals surface area contributed by atoms with E-state index in [-0.39, 0.29) is 18.4 Å². The third kappa shape index (κ3) is 5.39. The molecule has 6 heteroatoms. The van der Waals surface area contributed by atoms with E-state index in [1.54, 1.807) is 37.4 Å². The Bertz CT molecular complexity index is 759. The molecule has 0 saturated carbocycles. The SMILES string of the molecule is C=CCOc1ccccc1NCC(=O)Nc1cccc(C(=O)NC)c1. The highest BCUT2D eigenvalue weighted by Gasteiger charge is 2.08. The maximum atomic E-state index is 12.1. The smallest absolute Gasteiger partial charge is 0.251 e. The van der Waals surface area contributed by atoms with Crippen LogP contribution in [0, 0.1) is 0 Å². The first-order valence-corrected chi connectivity index (χ1v) is 7.82. The highest BCUT2D eigenvalue weighted by molar-refractivity contribution is 5.98. The number of amides is 2. The number of hydrogen-bond acceptors (Lipinski definition) is 4. The molecule has 2 rings (SSSR count). The second-order valence-electron chi connectivity index (χ2n) is 5.16. The van der Waals surface area contributed by atoms with Gasteiger partial charge in [0.25, 0.3) is 5.91 Å². The second-order valence-corrected chi connectivity index (χ2v) is 5.16. The first-order valence-electron chi connectivity index (χ1n) is 7.82. The van der Waals surface area contributed by atoms with Gasteiger partial charge in [-0.05, 0) is 30.3 Å². The average molecular weight is 339 g/mol. The molecule has 0 fully saturated rings. The summed E-state index contributed by atoms with van der Waals surface area (Å²) in [4.78, 5) is 23.8. The van der Waals surface area contributed by atoms with E-state index in [1.165, 1.54) is 0 Å². The van der Waals surface area contributed by atoms with Crippen molar-refractivity contribution in [3.8, 4) is 5.75 Å². The summed E-state index contributed by atoms with van der Waals surface area (Å²) in [5.41, 5.74) is 1.76. The molecule has 0 bridgehead atoms. The van der Waals surface area contributed by atoms with Crippen LogP contribution in [0.1, 0.15) is 10.4 Å². The summed E-state index contributed by atoms with van der Waals surface area (Å²) in [6.45, 7) is 4.07. The minimum absolute atomic E-state index is 0.0681. The second kappa shape index (κ2) is 9.12. The van der Waals surface area contributed by atoms with E-state index in [9.17, 15) is 9.59 Å². The van der Waals surface area contributed by atoms with Crippen molar-refractivity contribution in [2.45, 2.75) is 0 Å². The molecule has 0 unspecified atom stereocenters. The van der Waals surface area contributed by atoms with Crippen molar-refractivity contribution in [3.05, 3.63) is 66.7 Å². The molecular formula is C19H21N3O3. The van der Waals surface area contributed by atoms with Crippen LogP contribution < -0.4 is 20.7 Å². The lowest BCUT2D eigenvalue weighted by atomic mass is 10.2. The van der Waals surface area contributed by atoms with Crippen molar-refractivity contribution in [1.29, 1.82) is 0 Å². The lowest BCUT2D eigenvalue weighted by Gasteiger charge is -2.12. The van der Waals surface area contributed by atoms with Gasteiger partial charge < -0.3 is 20.7 Å². The van der Waals surface area contributed by atoms with Crippen LogP contribution in [0.15, 0.2) is 61.2 Å². The Morgan fingerprint density at radius 1 is 1.16 bits per heavy atom. The zero-order valence-electron chi connectivity index (χ0n) is 14.0. The fourth-order valence-electron chi connectivity index (χ4n) is 2.15. The fraction of sp³-hybridized carbons (Fsp3) is 0.158. The van der Waals surface area contributed by atoms with Crippen LogP contribution in [0.2, 0.25) is 0 Å². The molecule has 2 aromatic carbocycles. The highest BCUT2D eigenvalue weighted by Crippen LogP contribution is 2.23. The quantitative estimate of drug-likeness (QED) is 0.646. The Balaban J connectivity index is 1.95. The fourth-order valence-corrected chi connectivity index (χ4v) is 2.15. The van der Waals surface area contributed by atoms with Crippen molar-refractivity contribution in [1.82, 2.24) is 5.32 Å². The molecule has 6 nitrogen and oxygen atoms in total. The van der Waals surface area contributed by atoms with Gasteiger partial charge in [0.05, 0.1) is 12.2 Å². The number of ether oxygens (including phenoxy) is 1. The number of nitrogens with one attached hydrogen (secondary N) is 3. The van der Waals surface area contributed by atoms with E-state index in [1.807, 2.05) is 24.3 Å². The third-order valence-electron chi connectivity index (χ3n) is 3.32. The Morgan fingerprint density at radius 2 is 1.96 bits per heavy atom. The number of para-hydroxylation sites is 2. The Hall–Kier alpha value is -3.28. The van der Waals surface area contributed by atoms with Gasteiger partial charge in [0.15, 0.2) is 0 Å². The normalized spacial score (nSPS) is 9.80. The van der Waals surface area contributed by atoms with Crippen LogP contribution in [-0.4, -0.2) is 32.0 Å². The molecule has 0 aliphatic heterocycles. The highest BCUT2D eigenvalue weighted by atomic mass is 16.5. The predicted octanol–water partition coefficient (Wildman–Crippen LogP) is 2.66. The van der Waals surface area contributed by atoms with Gasteiger partial charge in [-0.1, -0.05) is 30.9 Å². The zero-order valence-corrected chi connectivity index (χ0v) is 14.0. The van der Waals surface area contributed by atoms with Crippen LogP contribution in [0.25, 0.3) is 0 Å². The topological polar surface area (TPSA) is 79.5 Å². The molecular weight excluding hydrogens is 318 g/mol.